The monoisotopic (exact) mass is 480 g/mol. The van der Waals surface area contributed by atoms with E-state index in [1.54, 1.807) is 0 Å². The highest BCUT2D eigenvalue weighted by atomic mass is 32.2. The van der Waals surface area contributed by atoms with Gasteiger partial charge in [0.1, 0.15) is 10.8 Å². The van der Waals surface area contributed by atoms with Crippen LogP contribution in [0.15, 0.2) is 34.7 Å². The molecule has 1 fully saturated rings. The molecule has 0 aliphatic heterocycles. The summed E-state index contributed by atoms with van der Waals surface area (Å²) in [7, 11) is -2.25. The van der Waals surface area contributed by atoms with Gasteiger partial charge < -0.3 is 15.4 Å². The number of anilines is 2. The number of nitrogens with zero attached hydrogens (tertiary/aromatic N) is 1. The third-order valence-corrected chi connectivity index (χ3v) is 8.30. The van der Waals surface area contributed by atoms with Crippen LogP contribution in [0.1, 0.15) is 79.2 Å². The first-order chi connectivity index (χ1) is 16.7. The second-order valence-electron chi connectivity index (χ2n) is 9.92. The summed E-state index contributed by atoms with van der Waals surface area (Å²) >= 11 is 0. The molecule has 1 saturated carbocycles. The summed E-state index contributed by atoms with van der Waals surface area (Å²) in [6.45, 7) is 0.791. The zero-order valence-corrected chi connectivity index (χ0v) is 20.8. The Kier molecular flexibility index (Phi) is 7.50. The van der Waals surface area contributed by atoms with Crippen LogP contribution in [0.5, 0.6) is 0 Å². The topological polar surface area (TPSA) is 82.6 Å². The zero-order chi connectivity index (χ0) is 23.3. The molecule has 0 bridgehead atoms. The number of hydrogen-bond donors (Lipinski definition) is 4. The molecule has 5 rings (SSSR count). The lowest BCUT2D eigenvalue weighted by Gasteiger charge is -2.16. The quantitative estimate of drug-likeness (QED) is 0.316. The lowest BCUT2D eigenvalue weighted by atomic mass is 9.99. The van der Waals surface area contributed by atoms with Gasteiger partial charge in [-0.2, -0.15) is 0 Å². The average Bonchev–Trinajstić information content (AvgIpc) is 3.41. The van der Waals surface area contributed by atoms with Gasteiger partial charge in [0.05, 0.1) is 0 Å². The van der Waals surface area contributed by atoms with Crippen LogP contribution in [-0.4, -0.2) is 16.3 Å². The number of carbonyl (C=O) groups is 1. The van der Waals surface area contributed by atoms with Gasteiger partial charge in [-0.1, -0.05) is 43.9 Å². The number of aryl methyl sites for hydroxylation is 2. The van der Waals surface area contributed by atoms with Crippen molar-refractivity contribution in [3.8, 4) is 0 Å². The molecule has 3 aliphatic carbocycles. The number of amides is 2. The zero-order valence-electron chi connectivity index (χ0n) is 19.9. The van der Waals surface area contributed by atoms with Crippen LogP contribution >= 0.6 is 0 Å². The fourth-order valence-corrected chi connectivity index (χ4v) is 6.44. The standard InChI is InChI=1S/C27H36N4O2S/c32-27(29-26-24-14-6-9-20(24)17-21-10-7-15-25(21)26)31-34(33)30-23-13-5-8-19(16-23)18-28-22-11-3-1-2-4-12-22/h5,8,13,16-17,22,28,34H,1-4,6-7,9-12,14-15,18H2,(H2,29,30,31,32,33). The molecule has 0 spiro atoms. The van der Waals surface area contributed by atoms with Crippen LogP contribution in [0, 0.1) is 0 Å². The highest BCUT2D eigenvalue weighted by Gasteiger charge is 2.24. The van der Waals surface area contributed by atoms with E-state index in [0.717, 1.165) is 62.0 Å². The number of carbonyl (C=O) groups excluding carboxylic acids is 1. The van der Waals surface area contributed by atoms with Gasteiger partial charge in [0, 0.05) is 24.0 Å². The van der Waals surface area contributed by atoms with E-state index in [1.165, 1.54) is 60.8 Å². The highest BCUT2D eigenvalue weighted by molar-refractivity contribution is 7.76. The van der Waals surface area contributed by atoms with Crippen molar-refractivity contribution < 1.29 is 9.00 Å². The molecule has 0 heterocycles. The molecule has 182 valence electrons. The number of nitrogens with one attached hydrogen (secondary N) is 3. The number of fused-ring (bicyclic) bond motifs is 2. The molecule has 1 unspecified atom stereocenters. The van der Waals surface area contributed by atoms with Crippen LogP contribution < -0.4 is 15.4 Å². The summed E-state index contributed by atoms with van der Waals surface area (Å²) in [6.07, 6.45) is 14.2. The molecule has 2 aromatic carbocycles. The van der Waals surface area contributed by atoms with Crippen molar-refractivity contribution in [3.63, 3.8) is 0 Å². The van der Waals surface area contributed by atoms with Gasteiger partial charge in [0.2, 0.25) is 0 Å². The maximum Gasteiger partial charge on any atom is 0.354 e. The van der Waals surface area contributed by atoms with Gasteiger partial charge in [-0.05, 0) is 91.3 Å². The molecule has 2 amide bonds. The van der Waals surface area contributed by atoms with Crippen LogP contribution in [0.4, 0.5) is 16.2 Å². The van der Waals surface area contributed by atoms with Crippen molar-refractivity contribution in [2.75, 3.05) is 10.0 Å². The normalized spacial score (nSPS) is 18.8. The van der Waals surface area contributed by atoms with E-state index in [4.69, 9.17) is 0 Å². The predicted molar refractivity (Wildman–Crippen MR) is 140 cm³/mol. The van der Waals surface area contributed by atoms with Crippen molar-refractivity contribution in [1.29, 1.82) is 0 Å². The van der Waals surface area contributed by atoms with Crippen LogP contribution in [0.2, 0.25) is 0 Å². The fraction of sp³-hybridized carbons (Fsp3) is 0.519. The van der Waals surface area contributed by atoms with Crippen LogP contribution in [0.25, 0.3) is 0 Å². The van der Waals surface area contributed by atoms with Crippen molar-refractivity contribution >= 4 is 28.2 Å². The van der Waals surface area contributed by atoms with E-state index < -0.39 is 16.8 Å². The summed E-state index contributed by atoms with van der Waals surface area (Å²) < 4.78 is 19.4. The van der Waals surface area contributed by atoms with Gasteiger partial charge in [-0.3, -0.25) is 0 Å². The smallest absolute Gasteiger partial charge is 0.310 e. The van der Waals surface area contributed by atoms with Crippen LogP contribution in [-0.2, 0) is 43.0 Å². The minimum Gasteiger partial charge on any atom is -0.310 e. The summed E-state index contributed by atoms with van der Waals surface area (Å²) in [4.78, 5) is 12.7. The Balaban J connectivity index is 1.21. The third kappa shape index (κ3) is 5.63. The molecular formula is C27H36N4O2S. The number of urea groups is 1. The molecule has 34 heavy (non-hydrogen) atoms. The Hall–Kier alpha value is -2.38. The number of rotatable bonds is 6. The maximum atomic E-state index is 12.7. The minimum absolute atomic E-state index is 0.533. The summed E-state index contributed by atoms with van der Waals surface area (Å²) in [5, 5.41) is 6.66. The summed E-state index contributed by atoms with van der Waals surface area (Å²) in [5.74, 6) is 0. The molecule has 3 N–H and O–H groups in total. The molecule has 7 heteroatoms. The first-order valence-electron chi connectivity index (χ1n) is 12.9. The van der Waals surface area contributed by atoms with E-state index in [0.29, 0.717) is 6.04 Å². The van der Waals surface area contributed by atoms with E-state index in [-0.39, 0.29) is 0 Å². The lowest BCUT2D eigenvalue weighted by molar-refractivity contribution is 0.260. The van der Waals surface area contributed by atoms with Gasteiger partial charge >= 0.3 is 6.03 Å². The number of thiol groups is 1. The second kappa shape index (κ2) is 10.9. The molecule has 2 aromatic rings. The predicted octanol–water partition coefficient (Wildman–Crippen LogP) is 5.70. The first-order valence-corrected chi connectivity index (χ1v) is 14.1. The number of benzene rings is 2. The van der Waals surface area contributed by atoms with Crippen LogP contribution in [0.3, 0.4) is 0 Å². The maximum absolute atomic E-state index is 12.7. The largest absolute Gasteiger partial charge is 0.354 e. The molecule has 0 radical (unpaired) electrons. The Bertz CT molecular complexity index is 1100. The van der Waals surface area contributed by atoms with Gasteiger partial charge in [-0.15, -0.1) is 4.36 Å². The van der Waals surface area contributed by atoms with Crippen molar-refractivity contribution in [2.24, 2.45) is 4.36 Å². The molecule has 0 aromatic heterocycles. The van der Waals surface area contributed by atoms with E-state index in [2.05, 4.69) is 31.9 Å². The second-order valence-corrected chi connectivity index (χ2v) is 10.9. The summed E-state index contributed by atoms with van der Waals surface area (Å²) in [5.41, 5.74) is 8.01. The lowest BCUT2D eigenvalue weighted by Crippen LogP contribution is -2.27. The van der Waals surface area contributed by atoms with Gasteiger partial charge in [-0.25, -0.2) is 9.00 Å². The van der Waals surface area contributed by atoms with E-state index in [1.807, 2.05) is 18.2 Å². The summed E-state index contributed by atoms with van der Waals surface area (Å²) in [6, 6.07) is 10.3. The van der Waals surface area contributed by atoms with E-state index >= 15 is 0 Å². The average molecular weight is 481 g/mol. The Morgan fingerprint density at radius 2 is 1.62 bits per heavy atom. The third-order valence-electron chi connectivity index (χ3n) is 7.49. The van der Waals surface area contributed by atoms with Crippen molar-refractivity contribution in [3.05, 3.63) is 58.1 Å². The number of hydrogen-bond acceptors (Lipinski definition) is 3. The fourth-order valence-electron chi connectivity index (χ4n) is 5.81. The molecule has 0 saturated heterocycles. The minimum atomic E-state index is -2.25. The van der Waals surface area contributed by atoms with Gasteiger partial charge in [0.25, 0.3) is 0 Å². The molecular weight excluding hydrogens is 444 g/mol. The van der Waals surface area contributed by atoms with Crippen molar-refractivity contribution in [2.45, 2.75) is 89.6 Å². The molecule has 1 atom stereocenters. The Morgan fingerprint density at radius 1 is 0.912 bits per heavy atom. The Morgan fingerprint density at radius 3 is 2.32 bits per heavy atom. The van der Waals surface area contributed by atoms with Crippen molar-refractivity contribution in [1.82, 2.24) is 5.32 Å². The van der Waals surface area contributed by atoms with Gasteiger partial charge in [0.15, 0.2) is 0 Å². The molecule has 6 nitrogen and oxygen atoms in total. The highest BCUT2D eigenvalue weighted by Crippen LogP contribution is 2.38. The SMILES string of the molecule is O=C(/N=[SH](=O)\Nc1cccc(CNC2CCCCCC2)c1)Nc1c2c(cc3c1CCC3)CCC2. The molecule has 3 aliphatic rings. The van der Waals surface area contributed by atoms with E-state index in [9.17, 15) is 9.00 Å². The Labute approximate surface area is 204 Å². The first kappa shape index (κ1) is 23.4.